The molecule has 3 nitrogen and oxygen atoms in total. The Morgan fingerprint density at radius 3 is 2.16 bits per heavy atom. The second kappa shape index (κ2) is 5.41. The molecule has 1 saturated heterocycles. The Hall–Kier alpha value is -1.22. The van der Waals surface area contributed by atoms with Crippen LogP contribution in [-0.4, -0.2) is 28.2 Å². The van der Waals surface area contributed by atoms with Crippen molar-refractivity contribution in [2.75, 3.05) is 13.1 Å². The molecule has 0 amide bonds. The first-order valence-electron chi connectivity index (χ1n) is 7.20. The third kappa shape index (κ3) is 3.21. The maximum atomic E-state index is 9.58. The van der Waals surface area contributed by atoms with Gasteiger partial charge in [-0.3, -0.25) is 4.90 Å². The van der Waals surface area contributed by atoms with Gasteiger partial charge in [0.1, 0.15) is 11.5 Å². The number of aromatic hydroxyl groups is 2. The predicted octanol–water partition coefficient (Wildman–Crippen LogP) is 3.67. The summed E-state index contributed by atoms with van der Waals surface area (Å²) >= 11 is 0. The van der Waals surface area contributed by atoms with Gasteiger partial charge in [0.25, 0.3) is 0 Å². The molecule has 1 unspecified atom stereocenters. The van der Waals surface area contributed by atoms with E-state index in [1.54, 1.807) is 12.1 Å². The summed E-state index contributed by atoms with van der Waals surface area (Å²) in [4.78, 5) is 2.44. The highest BCUT2D eigenvalue weighted by molar-refractivity contribution is 5.38. The molecular weight excluding hydrogens is 238 g/mol. The Balaban J connectivity index is 2.07. The lowest BCUT2D eigenvalue weighted by molar-refractivity contribution is 0.0862. The van der Waals surface area contributed by atoms with Crippen molar-refractivity contribution in [1.29, 1.82) is 0 Å². The highest BCUT2D eigenvalue weighted by atomic mass is 16.3. The van der Waals surface area contributed by atoms with Crippen LogP contribution in [0.2, 0.25) is 0 Å². The molecule has 0 aliphatic carbocycles. The van der Waals surface area contributed by atoms with Crippen LogP contribution in [0.15, 0.2) is 18.2 Å². The van der Waals surface area contributed by atoms with E-state index in [2.05, 4.69) is 25.7 Å². The van der Waals surface area contributed by atoms with Crippen LogP contribution in [0.25, 0.3) is 0 Å². The number of rotatable bonds is 3. The van der Waals surface area contributed by atoms with Crippen LogP contribution in [0.3, 0.4) is 0 Å². The molecule has 0 spiro atoms. The second-order valence-corrected chi connectivity index (χ2v) is 6.16. The van der Waals surface area contributed by atoms with Gasteiger partial charge in [-0.25, -0.2) is 0 Å². The average Bonchev–Trinajstić information content (AvgIpc) is 2.38. The quantitative estimate of drug-likeness (QED) is 0.874. The standard InChI is InChI=1S/C16H25NO2/c1-4-16(3)5-7-17(8-6-16)12(2)13-9-14(18)11-15(19)10-13/h9-12,18-19H,4-8H2,1-3H3. The highest BCUT2D eigenvalue weighted by Crippen LogP contribution is 2.37. The number of hydrogen-bond acceptors (Lipinski definition) is 3. The molecule has 1 fully saturated rings. The van der Waals surface area contributed by atoms with Crippen molar-refractivity contribution < 1.29 is 10.2 Å². The number of benzene rings is 1. The van der Waals surface area contributed by atoms with Gasteiger partial charge in [0.15, 0.2) is 0 Å². The summed E-state index contributed by atoms with van der Waals surface area (Å²) in [5.74, 6) is 0.273. The predicted molar refractivity (Wildman–Crippen MR) is 77.4 cm³/mol. The van der Waals surface area contributed by atoms with Crippen molar-refractivity contribution in [2.45, 2.75) is 46.1 Å². The Bertz CT molecular complexity index is 416. The molecule has 1 heterocycles. The van der Waals surface area contributed by atoms with E-state index in [0.717, 1.165) is 18.7 Å². The summed E-state index contributed by atoms with van der Waals surface area (Å²) in [7, 11) is 0. The van der Waals surface area contributed by atoms with E-state index in [1.165, 1.54) is 25.3 Å². The first-order valence-corrected chi connectivity index (χ1v) is 7.20. The lowest BCUT2D eigenvalue weighted by Gasteiger charge is -2.41. The van der Waals surface area contributed by atoms with Gasteiger partial charge in [-0.2, -0.15) is 0 Å². The SMILES string of the molecule is CCC1(C)CCN(C(C)c2cc(O)cc(O)c2)CC1. The first kappa shape index (κ1) is 14.2. The summed E-state index contributed by atoms with van der Waals surface area (Å²) in [6, 6.07) is 5.11. The van der Waals surface area contributed by atoms with Crippen LogP contribution in [0.4, 0.5) is 0 Å². The third-order valence-electron chi connectivity index (χ3n) is 4.81. The molecule has 3 heteroatoms. The van der Waals surface area contributed by atoms with Crippen molar-refractivity contribution >= 4 is 0 Å². The van der Waals surface area contributed by atoms with Gasteiger partial charge in [0.05, 0.1) is 0 Å². The first-order chi connectivity index (χ1) is 8.93. The normalized spacial score (nSPS) is 21.2. The van der Waals surface area contributed by atoms with Crippen molar-refractivity contribution in [3.63, 3.8) is 0 Å². The van der Waals surface area contributed by atoms with Crippen LogP contribution in [0, 0.1) is 5.41 Å². The summed E-state index contributed by atoms with van der Waals surface area (Å²) < 4.78 is 0. The second-order valence-electron chi connectivity index (χ2n) is 6.16. The van der Waals surface area contributed by atoms with Gasteiger partial charge in [0.2, 0.25) is 0 Å². The van der Waals surface area contributed by atoms with Gasteiger partial charge >= 0.3 is 0 Å². The molecule has 0 saturated carbocycles. The molecule has 0 radical (unpaired) electrons. The number of likely N-dealkylation sites (tertiary alicyclic amines) is 1. The molecule has 1 aromatic carbocycles. The minimum Gasteiger partial charge on any atom is -0.508 e. The van der Waals surface area contributed by atoms with Crippen molar-refractivity contribution in [1.82, 2.24) is 4.90 Å². The monoisotopic (exact) mass is 263 g/mol. The van der Waals surface area contributed by atoms with Gasteiger partial charge in [-0.1, -0.05) is 20.3 Å². The average molecular weight is 263 g/mol. The van der Waals surface area contributed by atoms with Gasteiger partial charge in [-0.15, -0.1) is 0 Å². The molecule has 2 N–H and O–H groups in total. The van der Waals surface area contributed by atoms with Crippen LogP contribution >= 0.6 is 0 Å². The van der Waals surface area contributed by atoms with Crippen molar-refractivity contribution in [2.24, 2.45) is 5.41 Å². The van der Waals surface area contributed by atoms with Crippen molar-refractivity contribution in [3.05, 3.63) is 23.8 Å². The summed E-state index contributed by atoms with van der Waals surface area (Å²) in [5, 5.41) is 19.2. The summed E-state index contributed by atoms with van der Waals surface area (Å²) in [6.45, 7) is 8.95. The number of nitrogens with zero attached hydrogens (tertiary/aromatic N) is 1. The lowest BCUT2D eigenvalue weighted by Crippen LogP contribution is -2.39. The maximum absolute atomic E-state index is 9.58. The molecule has 0 bridgehead atoms. The molecule has 19 heavy (non-hydrogen) atoms. The zero-order valence-corrected chi connectivity index (χ0v) is 12.2. The van der Waals surface area contributed by atoms with E-state index in [9.17, 15) is 10.2 Å². The third-order valence-corrected chi connectivity index (χ3v) is 4.81. The number of piperidine rings is 1. The Morgan fingerprint density at radius 1 is 1.16 bits per heavy atom. The Morgan fingerprint density at radius 2 is 1.68 bits per heavy atom. The largest absolute Gasteiger partial charge is 0.508 e. The van der Waals surface area contributed by atoms with E-state index < -0.39 is 0 Å². The minimum atomic E-state index is 0.136. The van der Waals surface area contributed by atoms with E-state index in [1.807, 2.05) is 0 Å². The minimum absolute atomic E-state index is 0.136. The smallest absolute Gasteiger partial charge is 0.119 e. The fraction of sp³-hybridized carbons (Fsp3) is 0.625. The number of phenols is 2. The van der Waals surface area contributed by atoms with Crippen LogP contribution in [0.1, 0.15) is 51.6 Å². The van der Waals surface area contributed by atoms with E-state index in [0.29, 0.717) is 5.41 Å². The Kier molecular flexibility index (Phi) is 4.04. The number of phenolic OH excluding ortho intramolecular Hbond substituents is 2. The maximum Gasteiger partial charge on any atom is 0.119 e. The summed E-state index contributed by atoms with van der Waals surface area (Å²) in [5.41, 5.74) is 1.47. The molecular formula is C16H25NO2. The molecule has 2 rings (SSSR count). The van der Waals surface area contributed by atoms with Crippen LogP contribution in [0.5, 0.6) is 11.5 Å². The zero-order valence-electron chi connectivity index (χ0n) is 12.2. The van der Waals surface area contributed by atoms with Gasteiger partial charge < -0.3 is 10.2 Å². The lowest BCUT2D eigenvalue weighted by atomic mass is 9.78. The summed E-state index contributed by atoms with van der Waals surface area (Å²) in [6.07, 6.45) is 3.68. The molecule has 1 aliphatic heterocycles. The Labute approximate surface area is 115 Å². The molecule has 0 aromatic heterocycles. The van der Waals surface area contributed by atoms with Crippen LogP contribution < -0.4 is 0 Å². The fourth-order valence-electron chi connectivity index (χ4n) is 2.87. The van der Waals surface area contributed by atoms with E-state index >= 15 is 0 Å². The van der Waals surface area contributed by atoms with E-state index in [-0.39, 0.29) is 17.5 Å². The molecule has 106 valence electrons. The molecule has 1 atom stereocenters. The fourth-order valence-corrected chi connectivity index (χ4v) is 2.87. The topological polar surface area (TPSA) is 43.7 Å². The van der Waals surface area contributed by atoms with Crippen LogP contribution in [-0.2, 0) is 0 Å². The molecule has 1 aromatic rings. The highest BCUT2D eigenvalue weighted by Gasteiger charge is 2.30. The molecule has 1 aliphatic rings. The van der Waals surface area contributed by atoms with E-state index in [4.69, 9.17) is 0 Å². The van der Waals surface area contributed by atoms with Crippen molar-refractivity contribution in [3.8, 4) is 11.5 Å². The van der Waals surface area contributed by atoms with Gasteiger partial charge in [-0.05, 0) is 56.0 Å². The zero-order chi connectivity index (χ0) is 14.0. The van der Waals surface area contributed by atoms with Gasteiger partial charge in [0, 0.05) is 12.1 Å². The number of hydrogen-bond donors (Lipinski definition) is 2.